The molecule has 0 bridgehead atoms. The Morgan fingerprint density at radius 3 is 1.08 bits per heavy atom. The molecule has 0 rings (SSSR count). The molecule has 49 heavy (non-hydrogen) atoms. The Bertz CT molecular complexity index is 1040. The van der Waals surface area contributed by atoms with E-state index in [0.29, 0.717) is 6.42 Å². The molecular formula is C34H57N3O12. The minimum Gasteiger partial charge on any atom is -0.481 e. The van der Waals surface area contributed by atoms with Gasteiger partial charge in [0.05, 0.1) is 12.5 Å². The van der Waals surface area contributed by atoms with E-state index in [9.17, 15) is 48.6 Å². The zero-order valence-corrected chi connectivity index (χ0v) is 28.6. The molecule has 3 amide bonds. The summed E-state index contributed by atoms with van der Waals surface area (Å²) in [6.45, 7) is 0. The van der Waals surface area contributed by atoms with Crippen LogP contribution in [0.1, 0.15) is 148 Å². The Morgan fingerprint density at radius 2 is 0.755 bits per heavy atom. The van der Waals surface area contributed by atoms with E-state index in [1.54, 1.807) is 0 Å². The van der Waals surface area contributed by atoms with Gasteiger partial charge in [0.25, 0.3) is 0 Å². The number of carboxylic acids is 4. The molecule has 15 nitrogen and oxygen atoms in total. The van der Waals surface area contributed by atoms with E-state index in [2.05, 4.69) is 16.0 Å². The van der Waals surface area contributed by atoms with Gasteiger partial charge in [-0.15, -0.1) is 0 Å². The van der Waals surface area contributed by atoms with Crippen molar-refractivity contribution in [1.29, 1.82) is 0 Å². The third-order valence-corrected chi connectivity index (χ3v) is 8.04. The van der Waals surface area contributed by atoms with Crippen LogP contribution >= 0.6 is 0 Å². The molecule has 0 radical (unpaired) electrons. The van der Waals surface area contributed by atoms with Crippen LogP contribution in [-0.4, -0.2) is 86.4 Å². The summed E-state index contributed by atoms with van der Waals surface area (Å²) in [6, 6.07) is -4.10. The molecule has 0 heterocycles. The van der Waals surface area contributed by atoms with Crippen LogP contribution in [0.15, 0.2) is 0 Å². The van der Waals surface area contributed by atoms with Crippen LogP contribution in [0, 0.1) is 0 Å². The van der Waals surface area contributed by atoms with Crippen LogP contribution in [0.5, 0.6) is 0 Å². The van der Waals surface area contributed by atoms with Gasteiger partial charge in [0.2, 0.25) is 17.7 Å². The lowest BCUT2D eigenvalue weighted by Crippen LogP contribution is -2.44. The molecule has 0 unspecified atom stereocenters. The number of amides is 3. The lowest BCUT2D eigenvalue weighted by molar-refractivity contribution is -0.143. The Morgan fingerprint density at radius 1 is 0.429 bits per heavy atom. The highest BCUT2D eigenvalue weighted by Crippen LogP contribution is 2.14. The molecule has 0 saturated heterocycles. The van der Waals surface area contributed by atoms with Crippen molar-refractivity contribution < 1.29 is 58.8 Å². The minimum atomic E-state index is -1.48. The second-order valence-corrected chi connectivity index (χ2v) is 12.5. The summed E-state index contributed by atoms with van der Waals surface area (Å²) < 4.78 is 0. The van der Waals surface area contributed by atoms with Gasteiger partial charge in [-0.3, -0.25) is 24.0 Å². The topological polar surface area (TPSA) is 254 Å². The average molecular weight is 700 g/mol. The van der Waals surface area contributed by atoms with Crippen LogP contribution in [0.3, 0.4) is 0 Å². The predicted molar refractivity (Wildman–Crippen MR) is 179 cm³/mol. The highest BCUT2D eigenvalue weighted by Gasteiger charge is 2.25. The van der Waals surface area contributed by atoms with Gasteiger partial charge in [0.1, 0.15) is 18.4 Å². The van der Waals surface area contributed by atoms with Gasteiger partial charge in [-0.25, -0.2) is 9.59 Å². The van der Waals surface area contributed by atoms with Crippen molar-refractivity contribution >= 4 is 47.9 Å². The molecular weight excluding hydrogens is 642 g/mol. The first-order chi connectivity index (χ1) is 23.3. The van der Waals surface area contributed by atoms with Crippen LogP contribution in [-0.2, 0) is 38.4 Å². The van der Waals surface area contributed by atoms with E-state index in [0.717, 1.165) is 44.9 Å². The number of carbonyl (C=O) groups excluding carboxylic acids is 4. The van der Waals surface area contributed by atoms with E-state index in [-0.39, 0.29) is 32.0 Å². The molecule has 280 valence electrons. The Hall–Kier alpha value is -4.04. The van der Waals surface area contributed by atoms with Crippen molar-refractivity contribution in [2.45, 2.75) is 166 Å². The first-order valence-electron chi connectivity index (χ1n) is 17.6. The number of hydrogen-bond acceptors (Lipinski definition) is 8. The minimum absolute atomic E-state index is 0.152. The van der Waals surface area contributed by atoms with Crippen LogP contribution in [0.2, 0.25) is 0 Å². The molecule has 15 heteroatoms. The molecule has 7 N–H and O–H groups in total. The first kappa shape index (κ1) is 45.0. The summed E-state index contributed by atoms with van der Waals surface area (Å²) >= 11 is 0. The average Bonchev–Trinajstić information content (AvgIpc) is 3.03. The van der Waals surface area contributed by atoms with E-state index in [4.69, 9.17) is 10.2 Å². The predicted octanol–water partition coefficient (Wildman–Crippen LogP) is 3.95. The molecule has 0 aliphatic rings. The highest BCUT2D eigenvalue weighted by atomic mass is 16.4. The summed E-state index contributed by atoms with van der Waals surface area (Å²) in [5.74, 6) is -6.81. The standard InChI is InChI=1S/C34H57N3O12/c38-24-25(23-32(44)45)35-29(40)21-19-27(34(48)49)37-30(41)22-20-26(33(46)47)36-28(39)17-15-13-11-9-7-5-3-1-2-4-6-8-10-12-14-16-18-31(42)43/h24-27H,1-23H2,(H,35,40)(H,36,39)(H,37,41)(H,42,43)(H,44,45)(H,46,47)(H,48,49)/t25-,26-,27-/m0/s1. The largest absolute Gasteiger partial charge is 0.481 e. The molecule has 0 aliphatic carbocycles. The quantitative estimate of drug-likeness (QED) is 0.0380. The zero-order chi connectivity index (χ0) is 36.9. The fourth-order valence-electron chi connectivity index (χ4n) is 5.24. The zero-order valence-electron chi connectivity index (χ0n) is 28.6. The van der Waals surface area contributed by atoms with Gasteiger partial charge < -0.3 is 41.2 Å². The molecule has 0 aromatic heterocycles. The number of aldehydes is 1. The molecule has 0 spiro atoms. The van der Waals surface area contributed by atoms with E-state index >= 15 is 0 Å². The summed E-state index contributed by atoms with van der Waals surface area (Å²) in [4.78, 5) is 91.8. The number of carbonyl (C=O) groups is 8. The van der Waals surface area contributed by atoms with Crippen LogP contribution in [0.25, 0.3) is 0 Å². The maximum atomic E-state index is 12.3. The van der Waals surface area contributed by atoms with E-state index in [1.807, 2.05) is 0 Å². The first-order valence-corrected chi connectivity index (χ1v) is 17.6. The highest BCUT2D eigenvalue weighted by molar-refractivity contribution is 5.87. The van der Waals surface area contributed by atoms with Gasteiger partial charge in [-0.05, 0) is 25.7 Å². The molecule has 0 aliphatic heterocycles. The number of aliphatic carboxylic acids is 4. The van der Waals surface area contributed by atoms with Crippen LogP contribution < -0.4 is 16.0 Å². The fraction of sp³-hybridized carbons (Fsp3) is 0.765. The van der Waals surface area contributed by atoms with Crippen molar-refractivity contribution in [3.63, 3.8) is 0 Å². The van der Waals surface area contributed by atoms with Crippen molar-refractivity contribution in [1.82, 2.24) is 16.0 Å². The number of hydrogen-bond donors (Lipinski definition) is 7. The maximum absolute atomic E-state index is 12.3. The smallest absolute Gasteiger partial charge is 0.326 e. The summed E-state index contributed by atoms with van der Waals surface area (Å²) in [6.07, 6.45) is 15.8. The lowest BCUT2D eigenvalue weighted by Gasteiger charge is -2.17. The van der Waals surface area contributed by atoms with Gasteiger partial charge in [0, 0.05) is 25.7 Å². The summed E-state index contributed by atoms with van der Waals surface area (Å²) in [5.41, 5.74) is 0. The Labute approximate surface area is 288 Å². The van der Waals surface area contributed by atoms with E-state index in [1.165, 1.54) is 51.4 Å². The van der Waals surface area contributed by atoms with Gasteiger partial charge in [-0.2, -0.15) is 0 Å². The third kappa shape index (κ3) is 27.6. The fourth-order valence-corrected chi connectivity index (χ4v) is 5.24. The Kier molecular flexibility index (Phi) is 26.5. The number of nitrogens with one attached hydrogen (secondary N) is 3. The van der Waals surface area contributed by atoms with Gasteiger partial charge in [0.15, 0.2) is 0 Å². The number of carboxylic acid groups (broad SMARTS) is 4. The van der Waals surface area contributed by atoms with Crippen molar-refractivity contribution in [3.05, 3.63) is 0 Å². The lowest BCUT2D eigenvalue weighted by atomic mass is 10.0. The monoisotopic (exact) mass is 699 g/mol. The molecule has 3 atom stereocenters. The van der Waals surface area contributed by atoms with Crippen molar-refractivity contribution in [2.75, 3.05) is 0 Å². The number of rotatable bonds is 33. The summed E-state index contributed by atoms with van der Waals surface area (Å²) in [5, 5.41) is 43.0. The Balaban J connectivity index is 4.06. The third-order valence-electron chi connectivity index (χ3n) is 8.04. The number of unbranched alkanes of at least 4 members (excludes halogenated alkanes) is 15. The molecule has 0 aromatic carbocycles. The van der Waals surface area contributed by atoms with Crippen LogP contribution in [0.4, 0.5) is 0 Å². The van der Waals surface area contributed by atoms with E-state index < -0.39 is 79.0 Å². The van der Waals surface area contributed by atoms with Gasteiger partial charge in [-0.1, -0.05) is 89.9 Å². The summed E-state index contributed by atoms with van der Waals surface area (Å²) in [7, 11) is 0. The molecule has 0 fully saturated rings. The van der Waals surface area contributed by atoms with Crippen molar-refractivity contribution in [2.24, 2.45) is 0 Å². The maximum Gasteiger partial charge on any atom is 0.326 e. The molecule has 0 aromatic rings. The normalized spacial score (nSPS) is 12.7. The second-order valence-electron chi connectivity index (χ2n) is 12.5. The van der Waals surface area contributed by atoms with Crippen molar-refractivity contribution in [3.8, 4) is 0 Å². The molecule has 0 saturated carbocycles. The SMILES string of the molecule is O=C[C@H](CC(=O)O)NC(=O)CC[C@H](NC(=O)CC[C@H](NC(=O)CCCCCCCCCCCCCCCCCCC(=O)O)C(=O)O)C(=O)O. The van der Waals surface area contributed by atoms with Gasteiger partial charge >= 0.3 is 23.9 Å². The second kappa shape index (κ2) is 28.9.